The van der Waals surface area contributed by atoms with Gasteiger partial charge in [-0.1, -0.05) is 25.1 Å². The van der Waals surface area contributed by atoms with Crippen LogP contribution in [0.2, 0.25) is 0 Å². The molecule has 9 heteroatoms. The Labute approximate surface area is 156 Å². The summed E-state index contributed by atoms with van der Waals surface area (Å²) in [7, 11) is 0. The van der Waals surface area contributed by atoms with Gasteiger partial charge in [-0.3, -0.25) is 9.59 Å². The van der Waals surface area contributed by atoms with E-state index in [1.807, 2.05) is 0 Å². The average Bonchev–Trinajstić information content (AvgIpc) is 2.93. The lowest BCUT2D eigenvalue weighted by Crippen LogP contribution is -2.39. The molecular formula is C18H25N5O4. The molecule has 0 fully saturated rings. The van der Waals surface area contributed by atoms with Gasteiger partial charge in [0.2, 0.25) is 5.91 Å². The van der Waals surface area contributed by atoms with Crippen molar-refractivity contribution in [1.82, 2.24) is 19.8 Å². The number of rotatable bonds is 10. The zero-order valence-electron chi connectivity index (χ0n) is 15.5. The third-order valence-corrected chi connectivity index (χ3v) is 4.11. The van der Waals surface area contributed by atoms with E-state index in [9.17, 15) is 19.2 Å². The summed E-state index contributed by atoms with van der Waals surface area (Å²) in [4.78, 5) is 48.4. The van der Waals surface area contributed by atoms with Gasteiger partial charge in [0.25, 0.3) is 0 Å². The molecule has 0 saturated heterocycles. The first-order valence-electron chi connectivity index (χ1n) is 8.97. The second-order valence-electron chi connectivity index (χ2n) is 6.18. The monoisotopic (exact) mass is 375 g/mol. The number of aromatic amines is 1. The van der Waals surface area contributed by atoms with E-state index < -0.39 is 17.4 Å². The number of nitrogens with one attached hydrogen (secondary N) is 3. The van der Waals surface area contributed by atoms with Gasteiger partial charge in [0.15, 0.2) is 5.78 Å². The van der Waals surface area contributed by atoms with E-state index in [4.69, 9.17) is 0 Å². The van der Waals surface area contributed by atoms with Crippen LogP contribution in [0.5, 0.6) is 0 Å². The summed E-state index contributed by atoms with van der Waals surface area (Å²) >= 11 is 0. The van der Waals surface area contributed by atoms with Crippen LogP contribution < -0.4 is 22.1 Å². The first-order valence-corrected chi connectivity index (χ1v) is 8.97. The van der Waals surface area contributed by atoms with Crippen molar-refractivity contribution >= 4 is 11.7 Å². The minimum atomic E-state index is -0.530. The topological polar surface area (TPSA) is 118 Å². The Bertz CT molecular complexity index is 881. The summed E-state index contributed by atoms with van der Waals surface area (Å²) in [5.41, 5.74) is 2.30. The number of benzene rings is 1. The number of unbranched alkanes of at least 4 members (excludes halogenated alkanes) is 1. The molecule has 0 bridgehead atoms. The van der Waals surface area contributed by atoms with Crippen molar-refractivity contribution in [2.75, 3.05) is 12.0 Å². The zero-order chi connectivity index (χ0) is 19.8. The van der Waals surface area contributed by atoms with E-state index in [0.29, 0.717) is 37.9 Å². The van der Waals surface area contributed by atoms with Gasteiger partial charge in [0, 0.05) is 19.9 Å². The first kappa shape index (κ1) is 20.2. The van der Waals surface area contributed by atoms with Gasteiger partial charge in [-0.25, -0.2) is 19.3 Å². The lowest BCUT2D eigenvalue weighted by Gasteiger charge is -2.15. The Morgan fingerprint density at radius 2 is 1.85 bits per heavy atom. The number of aromatic nitrogens is 3. The minimum Gasteiger partial charge on any atom is -0.347 e. The SMILES string of the molecule is CCC(=O)[C@H](CCCCNn1[nH]c(=O)n(-c2ccccc2)c1=O)NC(C)=O. The van der Waals surface area contributed by atoms with Crippen molar-refractivity contribution in [2.45, 2.75) is 45.6 Å². The van der Waals surface area contributed by atoms with Crippen LogP contribution in [0.4, 0.5) is 0 Å². The number of hydrogen-bond donors (Lipinski definition) is 3. The van der Waals surface area contributed by atoms with Gasteiger partial charge < -0.3 is 10.7 Å². The molecule has 1 aromatic carbocycles. The molecule has 3 N–H and O–H groups in total. The minimum absolute atomic E-state index is 0.00125. The predicted molar refractivity (Wildman–Crippen MR) is 102 cm³/mol. The van der Waals surface area contributed by atoms with Crippen LogP contribution >= 0.6 is 0 Å². The number of Topliss-reactive ketones (excluding diaryl/α,β-unsaturated/α-hetero) is 1. The zero-order valence-corrected chi connectivity index (χ0v) is 15.5. The highest BCUT2D eigenvalue weighted by molar-refractivity contribution is 5.88. The van der Waals surface area contributed by atoms with Gasteiger partial charge in [-0.2, -0.15) is 0 Å². The normalized spacial score (nSPS) is 11.8. The molecule has 1 atom stereocenters. The second kappa shape index (κ2) is 9.56. The number of hydrogen-bond acceptors (Lipinski definition) is 5. The third-order valence-electron chi connectivity index (χ3n) is 4.11. The summed E-state index contributed by atoms with van der Waals surface area (Å²) in [6, 6.07) is 8.16. The molecule has 2 rings (SSSR count). The Hall–Kier alpha value is -3.10. The second-order valence-corrected chi connectivity index (χ2v) is 6.18. The van der Waals surface area contributed by atoms with E-state index in [1.165, 1.54) is 6.92 Å². The van der Waals surface area contributed by atoms with Crippen molar-refractivity contribution in [2.24, 2.45) is 0 Å². The Morgan fingerprint density at radius 1 is 1.15 bits per heavy atom. The number of amides is 1. The van der Waals surface area contributed by atoms with Gasteiger partial charge >= 0.3 is 11.4 Å². The molecule has 2 aromatic rings. The van der Waals surface area contributed by atoms with E-state index in [0.717, 1.165) is 9.36 Å². The fourth-order valence-corrected chi connectivity index (χ4v) is 2.76. The van der Waals surface area contributed by atoms with Crippen LogP contribution in [0.25, 0.3) is 5.69 Å². The van der Waals surface area contributed by atoms with E-state index in [-0.39, 0.29) is 11.7 Å². The number of ketones is 1. The summed E-state index contributed by atoms with van der Waals surface area (Å²) in [5.74, 6) is -0.232. The van der Waals surface area contributed by atoms with Crippen molar-refractivity contribution < 1.29 is 9.59 Å². The fourth-order valence-electron chi connectivity index (χ4n) is 2.76. The van der Waals surface area contributed by atoms with Gasteiger partial charge in [0.05, 0.1) is 11.7 Å². The van der Waals surface area contributed by atoms with Crippen LogP contribution in [-0.4, -0.2) is 38.7 Å². The van der Waals surface area contributed by atoms with Crippen molar-refractivity contribution in [1.29, 1.82) is 0 Å². The molecule has 0 saturated carbocycles. The molecule has 27 heavy (non-hydrogen) atoms. The molecule has 0 aliphatic carbocycles. The summed E-state index contributed by atoms with van der Waals surface area (Å²) < 4.78 is 1.04. The number of carbonyl (C=O) groups is 2. The maximum absolute atomic E-state index is 12.4. The molecule has 1 heterocycles. The molecular weight excluding hydrogens is 350 g/mol. The Balaban J connectivity index is 1.89. The van der Waals surface area contributed by atoms with Crippen LogP contribution in [0.15, 0.2) is 39.9 Å². The lowest BCUT2D eigenvalue weighted by molar-refractivity contribution is -0.126. The van der Waals surface area contributed by atoms with Crippen molar-refractivity contribution in [3.05, 3.63) is 51.3 Å². The van der Waals surface area contributed by atoms with Crippen LogP contribution in [0, 0.1) is 0 Å². The smallest absolute Gasteiger partial charge is 0.347 e. The molecule has 1 amide bonds. The highest BCUT2D eigenvalue weighted by atomic mass is 16.2. The third kappa shape index (κ3) is 5.44. The molecule has 0 aliphatic heterocycles. The van der Waals surface area contributed by atoms with Crippen LogP contribution in [-0.2, 0) is 9.59 Å². The molecule has 9 nitrogen and oxygen atoms in total. The Kier molecular flexibility index (Phi) is 7.16. The number of para-hydroxylation sites is 1. The number of carbonyl (C=O) groups excluding carboxylic acids is 2. The highest BCUT2D eigenvalue weighted by Crippen LogP contribution is 2.04. The quantitative estimate of drug-likeness (QED) is 0.524. The average molecular weight is 375 g/mol. The molecule has 0 spiro atoms. The van der Waals surface area contributed by atoms with Crippen LogP contribution in [0.3, 0.4) is 0 Å². The fraction of sp³-hybridized carbons (Fsp3) is 0.444. The lowest BCUT2D eigenvalue weighted by atomic mass is 10.0. The molecule has 146 valence electrons. The molecule has 0 aliphatic rings. The van der Waals surface area contributed by atoms with Gasteiger partial charge in [-0.05, 0) is 31.4 Å². The first-order chi connectivity index (χ1) is 12.9. The number of nitrogens with zero attached hydrogens (tertiary/aromatic N) is 2. The van der Waals surface area contributed by atoms with E-state index in [2.05, 4.69) is 15.8 Å². The summed E-state index contributed by atoms with van der Waals surface area (Å²) in [6.45, 7) is 3.58. The number of H-pyrrole nitrogens is 1. The highest BCUT2D eigenvalue weighted by Gasteiger charge is 2.17. The maximum atomic E-state index is 12.4. The molecule has 0 unspecified atom stereocenters. The molecule has 0 radical (unpaired) electrons. The predicted octanol–water partition coefficient (Wildman–Crippen LogP) is 0.525. The van der Waals surface area contributed by atoms with Crippen LogP contribution in [0.1, 0.15) is 39.5 Å². The van der Waals surface area contributed by atoms with E-state index in [1.54, 1.807) is 37.3 Å². The summed E-state index contributed by atoms with van der Waals surface area (Å²) in [5, 5.41) is 5.12. The standard InChI is InChI=1S/C18H25N5O4/c1-3-16(25)15(20-13(2)24)11-7-8-12-19-23-18(27)22(17(26)21-23)14-9-5-4-6-10-14/h4-6,9-10,15,19H,3,7-8,11-12H2,1-2H3,(H,20,24)(H,21,26)/t15-/m0/s1. The maximum Gasteiger partial charge on any atom is 0.371 e. The van der Waals surface area contributed by atoms with Crippen molar-refractivity contribution in [3.63, 3.8) is 0 Å². The summed E-state index contributed by atoms with van der Waals surface area (Å²) in [6.07, 6.45) is 2.25. The largest absolute Gasteiger partial charge is 0.371 e. The molecule has 1 aromatic heterocycles. The van der Waals surface area contributed by atoms with Gasteiger partial charge in [0.1, 0.15) is 0 Å². The van der Waals surface area contributed by atoms with Gasteiger partial charge in [-0.15, -0.1) is 4.79 Å². The Morgan fingerprint density at radius 3 is 2.48 bits per heavy atom. The van der Waals surface area contributed by atoms with Crippen molar-refractivity contribution in [3.8, 4) is 5.69 Å². The van der Waals surface area contributed by atoms with E-state index >= 15 is 0 Å².